The van der Waals surface area contributed by atoms with Crippen LogP contribution >= 0.6 is 0 Å². The molecule has 0 unspecified atom stereocenters. The van der Waals surface area contributed by atoms with E-state index in [1.54, 1.807) is 12.3 Å². The molecule has 0 fully saturated rings. The molecule has 3 rings (SSSR count). The topological polar surface area (TPSA) is 68.0 Å². The average Bonchev–Trinajstić information content (AvgIpc) is 2.76. The maximum atomic E-state index is 10.7. The zero-order chi connectivity index (χ0) is 14.1. The standard InChI is InChI=1S/C15H13N3O2/c1-18-9-11(10-4-2-3-5-13(10)18)12-6-7-16-14(17-12)8-15(19)20/h2-7,9H,8H2,1H3,(H,19,20). The van der Waals surface area contributed by atoms with Gasteiger partial charge in [-0.25, -0.2) is 9.97 Å². The summed E-state index contributed by atoms with van der Waals surface area (Å²) < 4.78 is 2.03. The summed E-state index contributed by atoms with van der Waals surface area (Å²) in [6, 6.07) is 9.84. The molecule has 0 atom stereocenters. The number of aryl methyl sites for hydroxylation is 1. The van der Waals surface area contributed by atoms with E-state index < -0.39 is 5.97 Å². The number of carboxylic acid groups (broad SMARTS) is 1. The molecule has 0 saturated heterocycles. The fourth-order valence-corrected chi connectivity index (χ4v) is 2.32. The Labute approximate surface area is 115 Å². The third-order valence-electron chi connectivity index (χ3n) is 3.19. The van der Waals surface area contributed by atoms with Gasteiger partial charge in [-0.2, -0.15) is 0 Å². The van der Waals surface area contributed by atoms with Gasteiger partial charge in [0.2, 0.25) is 0 Å². The normalized spacial score (nSPS) is 10.8. The Morgan fingerprint density at radius 1 is 1.30 bits per heavy atom. The summed E-state index contributed by atoms with van der Waals surface area (Å²) in [6.45, 7) is 0. The highest BCUT2D eigenvalue weighted by Crippen LogP contribution is 2.28. The van der Waals surface area contributed by atoms with Crippen LogP contribution in [0.4, 0.5) is 0 Å². The summed E-state index contributed by atoms with van der Waals surface area (Å²) in [7, 11) is 1.98. The van der Waals surface area contributed by atoms with Crippen molar-refractivity contribution in [2.45, 2.75) is 6.42 Å². The second kappa shape index (κ2) is 4.77. The lowest BCUT2D eigenvalue weighted by molar-refractivity contribution is -0.136. The van der Waals surface area contributed by atoms with Crippen molar-refractivity contribution in [3.8, 4) is 11.3 Å². The first-order valence-corrected chi connectivity index (χ1v) is 6.23. The first-order valence-electron chi connectivity index (χ1n) is 6.23. The van der Waals surface area contributed by atoms with Gasteiger partial charge in [-0.15, -0.1) is 0 Å². The minimum absolute atomic E-state index is 0.168. The predicted octanol–water partition coefficient (Wildman–Crippen LogP) is 2.26. The Balaban J connectivity index is 2.13. The molecule has 0 amide bonds. The lowest BCUT2D eigenvalue weighted by Crippen LogP contribution is -2.05. The predicted molar refractivity (Wildman–Crippen MR) is 75.3 cm³/mol. The maximum absolute atomic E-state index is 10.7. The van der Waals surface area contributed by atoms with Crippen molar-refractivity contribution in [1.29, 1.82) is 0 Å². The minimum atomic E-state index is -0.930. The monoisotopic (exact) mass is 267 g/mol. The molecule has 0 spiro atoms. The Bertz CT molecular complexity index is 793. The van der Waals surface area contributed by atoms with Crippen molar-refractivity contribution in [1.82, 2.24) is 14.5 Å². The molecular formula is C15H13N3O2. The molecule has 0 aliphatic carbocycles. The smallest absolute Gasteiger partial charge is 0.311 e. The second-order valence-corrected chi connectivity index (χ2v) is 4.60. The summed E-state index contributed by atoms with van der Waals surface area (Å²) >= 11 is 0. The number of para-hydroxylation sites is 1. The van der Waals surface area contributed by atoms with E-state index in [0.29, 0.717) is 5.82 Å². The molecule has 1 aromatic carbocycles. The molecule has 0 radical (unpaired) electrons. The van der Waals surface area contributed by atoms with Crippen molar-refractivity contribution in [3.05, 3.63) is 48.5 Å². The Morgan fingerprint density at radius 2 is 2.10 bits per heavy atom. The number of carbonyl (C=O) groups is 1. The van der Waals surface area contributed by atoms with Gasteiger partial charge in [0.25, 0.3) is 0 Å². The van der Waals surface area contributed by atoms with E-state index in [2.05, 4.69) is 9.97 Å². The lowest BCUT2D eigenvalue weighted by atomic mass is 10.1. The summed E-state index contributed by atoms with van der Waals surface area (Å²) in [4.78, 5) is 19.1. The Kier molecular flexibility index (Phi) is 2.95. The quantitative estimate of drug-likeness (QED) is 0.790. The second-order valence-electron chi connectivity index (χ2n) is 4.60. The highest BCUT2D eigenvalue weighted by Gasteiger charge is 2.11. The number of hydrogen-bond donors (Lipinski definition) is 1. The number of benzene rings is 1. The van der Waals surface area contributed by atoms with Gasteiger partial charge in [-0.1, -0.05) is 18.2 Å². The van der Waals surface area contributed by atoms with Crippen LogP contribution in [-0.4, -0.2) is 25.6 Å². The summed E-state index contributed by atoms with van der Waals surface area (Å²) in [5.41, 5.74) is 2.84. The number of rotatable bonds is 3. The molecular weight excluding hydrogens is 254 g/mol. The summed E-state index contributed by atoms with van der Waals surface area (Å²) in [6.07, 6.45) is 3.43. The van der Waals surface area contributed by atoms with Gasteiger partial charge >= 0.3 is 5.97 Å². The molecule has 0 aliphatic heterocycles. The third-order valence-corrected chi connectivity index (χ3v) is 3.19. The van der Waals surface area contributed by atoms with Crippen LogP contribution < -0.4 is 0 Å². The van der Waals surface area contributed by atoms with Gasteiger partial charge in [0, 0.05) is 35.9 Å². The van der Waals surface area contributed by atoms with Gasteiger partial charge in [0.05, 0.1) is 5.69 Å². The van der Waals surface area contributed by atoms with E-state index in [4.69, 9.17) is 5.11 Å². The average molecular weight is 267 g/mol. The van der Waals surface area contributed by atoms with Crippen LogP contribution in [-0.2, 0) is 18.3 Å². The van der Waals surface area contributed by atoms with E-state index >= 15 is 0 Å². The summed E-state index contributed by atoms with van der Waals surface area (Å²) in [5.74, 6) is -0.608. The van der Waals surface area contributed by atoms with Gasteiger partial charge < -0.3 is 9.67 Å². The Hall–Kier alpha value is -2.69. The zero-order valence-corrected chi connectivity index (χ0v) is 10.9. The van der Waals surface area contributed by atoms with Gasteiger partial charge in [-0.05, 0) is 12.1 Å². The van der Waals surface area contributed by atoms with Crippen molar-refractivity contribution < 1.29 is 9.90 Å². The number of fused-ring (bicyclic) bond motifs is 1. The number of aliphatic carboxylic acids is 1. The van der Waals surface area contributed by atoms with Crippen molar-refractivity contribution >= 4 is 16.9 Å². The molecule has 20 heavy (non-hydrogen) atoms. The number of nitrogens with zero attached hydrogens (tertiary/aromatic N) is 3. The van der Waals surface area contributed by atoms with Crippen LogP contribution in [0.3, 0.4) is 0 Å². The van der Waals surface area contributed by atoms with Crippen LogP contribution in [0.25, 0.3) is 22.2 Å². The van der Waals surface area contributed by atoms with Crippen LogP contribution in [0.15, 0.2) is 42.7 Å². The number of carboxylic acids is 1. The SMILES string of the molecule is Cn1cc(-c2ccnc(CC(=O)O)n2)c2ccccc21. The molecule has 2 heterocycles. The van der Waals surface area contributed by atoms with Crippen LogP contribution in [0, 0.1) is 0 Å². The van der Waals surface area contributed by atoms with E-state index in [9.17, 15) is 4.79 Å². The lowest BCUT2D eigenvalue weighted by Gasteiger charge is -2.01. The fraction of sp³-hybridized carbons (Fsp3) is 0.133. The zero-order valence-electron chi connectivity index (χ0n) is 10.9. The van der Waals surface area contributed by atoms with E-state index in [1.165, 1.54) is 0 Å². The Morgan fingerprint density at radius 3 is 2.90 bits per heavy atom. The van der Waals surface area contributed by atoms with E-state index in [-0.39, 0.29) is 6.42 Å². The van der Waals surface area contributed by atoms with Crippen LogP contribution in [0.2, 0.25) is 0 Å². The van der Waals surface area contributed by atoms with Crippen molar-refractivity contribution in [3.63, 3.8) is 0 Å². The summed E-state index contributed by atoms with van der Waals surface area (Å²) in [5, 5.41) is 9.91. The number of hydrogen-bond acceptors (Lipinski definition) is 3. The largest absolute Gasteiger partial charge is 0.481 e. The van der Waals surface area contributed by atoms with Crippen LogP contribution in [0.1, 0.15) is 5.82 Å². The van der Waals surface area contributed by atoms with Gasteiger partial charge in [0.15, 0.2) is 0 Å². The van der Waals surface area contributed by atoms with Gasteiger partial charge in [-0.3, -0.25) is 4.79 Å². The van der Waals surface area contributed by atoms with Crippen molar-refractivity contribution in [2.75, 3.05) is 0 Å². The molecule has 100 valence electrons. The van der Waals surface area contributed by atoms with E-state index in [1.807, 2.05) is 42.1 Å². The minimum Gasteiger partial charge on any atom is -0.481 e. The first kappa shape index (κ1) is 12.3. The molecule has 0 saturated carbocycles. The fourth-order valence-electron chi connectivity index (χ4n) is 2.32. The molecule has 3 aromatic rings. The van der Waals surface area contributed by atoms with E-state index in [0.717, 1.165) is 22.2 Å². The molecule has 5 nitrogen and oxygen atoms in total. The maximum Gasteiger partial charge on any atom is 0.311 e. The van der Waals surface area contributed by atoms with Crippen LogP contribution in [0.5, 0.6) is 0 Å². The molecule has 2 aromatic heterocycles. The molecule has 0 aliphatic rings. The van der Waals surface area contributed by atoms with Gasteiger partial charge in [0.1, 0.15) is 12.2 Å². The number of aromatic nitrogens is 3. The molecule has 0 bridgehead atoms. The highest BCUT2D eigenvalue weighted by atomic mass is 16.4. The highest BCUT2D eigenvalue weighted by molar-refractivity contribution is 5.95. The first-order chi connectivity index (χ1) is 9.65. The molecule has 5 heteroatoms. The third kappa shape index (κ3) is 2.14. The van der Waals surface area contributed by atoms with Crippen molar-refractivity contribution in [2.24, 2.45) is 7.05 Å². The molecule has 1 N–H and O–H groups in total.